The lowest BCUT2D eigenvalue weighted by atomic mass is 10.0. The highest BCUT2D eigenvalue weighted by Crippen LogP contribution is 2.36. The number of benzene rings is 3. The fourth-order valence-corrected chi connectivity index (χ4v) is 3.70. The third-order valence-electron chi connectivity index (χ3n) is 4.87. The molecule has 0 fully saturated rings. The molecule has 0 amide bonds. The van der Waals surface area contributed by atoms with E-state index < -0.39 is 0 Å². The van der Waals surface area contributed by atoms with Crippen molar-refractivity contribution in [2.45, 2.75) is 34.0 Å². The van der Waals surface area contributed by atoms with E-state index in [1.807, 2.05) is 26.0 Å². The van der Waals surface area contributed by atoms with Crippen LogP contribution in [0, 0.1) is 6.92 Å². The van der Waals surface area contributed by atoms with Gasteiger partial charge in [-0.1, -0.05) is 72.3 Å². The Labute approximate surface area is 195 Å². The molecule has 3 aromatic carbocycles. The zero-order valence-electron chi connectivity index (χ0n) is 19.2. The van der Waals surface area contributed by atoms with E-state index >= 15 is 0 Å². The first-order valence-corrected chi connectivity index (χ1v) is 11.3. The summed E-state index contributed by atoms with van der Waals surface area (Å²) in [6.45, 7) is 8.22. The summed E-state index contributed by atoms with van der Waals surface area (Å²) in [6, 6.07) is 25.1. The lowest BCUT2D eigenvalue weighted by Crippen LogP contribution is -2.16. The molecule has 4 heteroatoms. The van der Waals surface area contributed by atoms with Crippen molar-refractivity contribution in [3.8, 4) is 0 Å². The highest BCUT2D eigenvalue weighted by Gasteiger charge is 2.18. The fraction of sp³-hybridized carbons (Fsp3) is 0.259. The summed E-state index contributed by atoms with van der Waals surface area (Å²) in [6.07, 6.45) is 1.79. The Balaban J connectivity index is 0.00000166. The topological polar surface area (TPSA) is 21.7 Å². The quantitative estimate of drug-likeness (QED) is 0.316. The molecule has 31 heavy (non-hydrogen) atoms. The monoisotopic (exact) mass is 481 g/mol. The second-order valence-corrected chi connectivity index (χ2v) is 7.61. The predicted octanol–water partition coefficient (Wildman–Crippen LogP) is 8.27. The molecule has 0 aliphatic heterocycles. The average molecular weight is 482 g/mol. The molecule has 0 aromatic heterocycles. The maximum atomic E-state index is 5.38. The van der Waals surface area contributed by atoms with E-state index in [1.165, 1.54) is 11.1 Å². The average Bonchev–Trinajstić information content (AvgIpc) is 2.82. The number of methoxy groups -OCH3 is 2. The fourth-order valence-electron chi connectivity index (χ4n) is 3.43. The van der Waals surface area contributed by atoms with Gasteiger partial charge in [-0.05, 0) is 55.8 Å². The highest BCUT2D eigenvalue weighted by molar-refractivity contribution is 9.10. The van der Waals surface area contributed by atoms with Crippen molar-refractivity contribution in [3.63, 3.8) is 0 Å². The number of hydrogen-bond acceptors (Lipinski definition) is 3. The van der Waals surface area contributed by atoms with E-state index in [0.717, 1.165) is 27.1 Å². The lowest BCUT2D eigenvalue weighted by Gasteiger charge is -2.29. The van der Waals surface area contributed by atoms with Gasteiger partial charge in [-0.15, -0.1) is 0 Å². The van der Waals surface area contributed by atoms with Crippen LogP contribution in [-0.4, -0.2) is 14.2 Å². The number of allylic oxidation sites excluding steroid dienone is 1. The van der Waals surface area contributed by atoms with E-state index in [-0.39, 0.29) is 6.29 Å². The van der Waals surface area contributed by atoms with Crippen molar-refractivity contribution in [3.05, 3.63) is 100 Å². The highest BCUT2D eigenvalue weighted by atomic mass is 79.9. The SMILES string of the molecule is C/C=C(\c1ccccc1C)N(c1ccc(Br)cc1)c1ccc(C(OC)OC)cc1.CC. The Kier molecular flexibility index (Phi) is 9.99. The minimum atomic E-state index is -0.372. The first-order valence-electron chi connectivity index (χ1n) is 10.5. The maximum Gasteiger partial charge on any atom is 0.183 e. The molecule has 0 atom stereocenters. The van der Waals surface area contributed by atoms with E-state index in [9.17, 15) is 0 Å². The molecule has 0 spiro atoms. The third kappa shape index (κ3) is 6.07. The molecular formula is C27H32BrNO2. The molecular weight excluding hydrogens is 450 g/mol. The van der Waals surface area contributed by atoms with Crippen LogP contribution in [0.3, 0.4) is 0 Å². The summed E-state index contributed by atoms with van der Waals surface area (Å²) < 4.78 is 11.8. The largest absolute Gasteiger partial charge is 0.352 e. The predicted molar refractivity (Wildman–Crippen MR) is 136 cm³/mol. The number of anilines is 2. The van der Waals surface area contributed by atoms with Crippen molar-refractivity contribution in [2.75, 3.05) is 19.1 Å². The molecule has 0 bridgehead atoms. The lowest BCUT2D eigenvalue weighted by molar-refractivity contribution is -0.106. The Hall–Kier alpha value is -2.40. The van der Waals surface area contributed by atoms with Crippen LogP contribution >= 0.6 is 15.9 Å². The summed E-state index contributed by atoms with van der Waals surface area (Å²) >= 11 is 3.54. The van der Waals surface area contributed by atoms with Crippen molar-refractivity contribution in [2.24, 2.45) is 0 Å². The first-order chi connectivity index (χ1) is 15.1. The molecule has 0 saturated heterocycles. The molecule has 3 nitrogen and oxygen atoms in total. The molecule has 0 aliphatic rings. The maximum absolute atomic E-state index is 5.38. The van der Waals surface area contributed by atoms with Crippen LogP contribution in [0.5, 0.6) is 0 Å². The molecule has 164 valence electrons. The van der Waals surface area contributed by atoms with Gasteiger partial charge in [0.2, 0.25) is 0 Å². The van der Waals surface area contributed by atoms with Gasteiger partial charge in [-0.3, -0.25) is 0 Å². The number of rotatable bonds is 7. The number of aryl methyl sites for hydroxylation is 1. The van der Waals surface area contributed by atoms with Gasteiger partial charge in [0, 0.05) is 46.9 Å². The summed E-state index contributed by atoms with van der Waals surface area (Å²) in [7, 11) is 3.29. The molecule has 0 aliphatic carbocycles. The second kappa shape index (κ2) is 12.5. The van der Waals surface area contributed by atoms with E-state index in [1.54, 1.807) is 14.2 Å². The van der Waals surface area contributed by atoms with Crippen molar-refractivity contribution in [1.29, 1.82) is 0 Å². The van der Waals surface area contributed by atoms with Gasteiger partial charge in [0.05, 0.1) is 0 Å². The van der Waals surface area contributed by atoms with Crippen LogP contribution in [0.1, 0.15) is 43.8 Å². The van der Waals surface area contributed by atoms with Crippen molar-refractivity contribution >= 4 is 33.0 Å². The van der Waals surface area contributed by atoms with Crippen LogP contribution in [0.15, 0.2) is 83.3 Å². The van der Waals surface area contributed by atoms with Gasteiger partial charge in [0.15, 0.2) is 6.29 Å². The van der Waals surface area contributed by atoms with Gasteiger partial charge in [0.25, 0.3) is 0 Å². The van der Waals surface area contributed by atoms with Crippen LogP contribution in [0.2, 0.25) is 0 Å². The van der Waals surface area contributed by atoms with E-state index in [2.05, 4.69) is 101 Å². The number of halogens is 1. The summed E-state index contributed by atoms with van der Waals surface area (Å²) in [5.41, 5.74) is 6.71. The Morgan fingerprint density at radius 1 is 0.839 bits per heavy atom. The first kappa shape index (κ1) is 24.9. The van der Waals surface area contributed by atoms with Crippen LogP contribution in [0.25, 0.3) is 5.70 Å². The van der Waals surface area contributed by atoms with Gasteiger partial charge >= 0.3 is 0 Å². The van der Waals surface area contributed by atoms with E-state index in [4.69, 9.17) is 9.47 Å². The van der Waals surface area contributed by atoms with Gasteiger partial charge < -0.3 is 14.4 Å². The third-order valence-corrected chi connectivity index (χ3v) is 5.40. The van der Waals surface area contributed by atoms with Crippen molar-refractivity contribution in [1.82, 2.24) is 0 Å². The molecule has 0 radical (unpaired) electrons. The number of hydrogen-bond donors (Lipinski definition) is 0. The summed E-state index contributed by atoms with van der Waals surface area (Å²) in [5, 5.41) is 0. The normalized spacial score (nSPS) is 11.2. The molecule has 0 unspecified atom stereocenters. The summed E-state index contributed by atoms with van der Waals surface area (Å²) in [4.78, 5) is 2.27. The smallest absolute Gasteiger partial charge is 0.183 e. The molecule has 3 rings (SSSR count). The van der Waals surface area contributed by atoms with Crippen LogP contribution < -0.4 is 4.90 Å². The van der Waals surface area contributed by atoms with Crippen LogP contribution in [-0.2, 0) is 9.47 Å². The second-order valence-electron chi connectivity index (χ2n) is 6.70. The standard InChI is InChI=1S/C25H26BrNO2.C2H6/c1-5-24(23-9-7-6-8-18(23)2)27(22-16-12-20(26)13-17-22)21-14-10-19(11-15-21)25(28-3)29-4;1-2/h5-17,25H,1-4H3;1-2H3/b24-5+;. The van der Waals surface area contributed by atoms with Gasteiger partial charge in [-0.25, -0.2) is 0 Å². The summed E-state index contributed by atoms with van der Waals surface area (Å²) in [5.74, 6) is 0. The minimum Gasteiger partial charge on any atom is -0.352 e. The van der Waals surface area contributed by atoms with Gasteiger partial charge in [0.1, 0.15) is 0 Å². The zero-order valence-corrected chi connectivity index (χ0v) is 20.8. The molecule has 0 saturated carbocycles. The zero-order chi connectivity index (χ0) is 22.8. The number of ether oxygens (including phenoxy) is 2. The Morgan fingerprint density at radius 3 is 1.84 bits per heavy atom. The number of nitrogens with zero attached hydrogens (tertiary/aromatic N) is 1. The van der Waals surface area contributed by atoms with E-state index in [0.29, 0.717) is 0 Å². The molecule has 3 aromatic rings. The Morgan fingerprint density at radius 2 is 1.35 bits per heavy atom. The molecule has 0 N–H and O–H groups in total. The van der Waals surface area contributed by atoms with Crippen molar-refractivity contribution < 1.29 is 9.47 Å². The van der Waals surface area contributed by atoms with Crippen LogP contribution in [0.4, 0.5) is 11.4 Å². The minimum absolute atomic E-state index is 0.372. The Bertz CT molecular complexity index is 961. The molecule has 0 heterocycles. The van der Waals surface area contributed by atoms with Gasteiger partial charge in [-0.2, -0.15) is 0 Å².